The maximum absolute atomic E-state index is 12.3. The highest BCUT2D eigenvalue weighted by molar-refractivity contribution is 6.77. The van der Waals surface area contributed by atoms with E-state index in [4.69, 9.17) is 9.16 Å². The highest BCUT2D eigenvalue weighted by Gasteiger charge is 2.50. The molecule has 0 aliphatic carbocycles. The van der Waals surface area contributed by atoms with Gasteiger partial charge in [-0.3, -0.25) is 9.88 Å². The first-order chi connectivity index (χ1) is 12.3. The Morgan fingerprint density at radius 3 is 2.27 bits per heavy atom. The van der Waals surface area contributed by atoms with E-state index in [0.29, 0.717) is 23.2 Å². The molecule has 1 amide bonds. The van der Waals surface area contributed by atoms with Crippen molar-refractivity contribution in [2.75, 3.05) is 6.61 Å². The summed E-state index contributed by atoms with van der Waals surface area (Å²) in [4.78, 5) is 18.1. The van der Waals surface area contributed by atoms with E-state index in [1.54, 1.807) is 23.5 Å². The van der Waals surface area contributed by atoms with Crippen LogP contribution in [0.5, 0.6) is 0 Å². The van der Waals surface area contributed by atoms with Gasteiger partial charge in [-0.1, -0.05) is 47.6 Å². The topological polar surface area (TPSA) is 51.7 Å². The standard InChI is InChI=1S/C20H32N2O3Si/c1-8-24-20(23)22-13-18(19(22)17-10-9-11-21-12-17)25-26(14(2)3,15(4)5)16(6)7/h9-16,19H,8H2,1-7H3. The zero-order valence-corrected chi connectivity index (χ0v) is 18.0. The Morgan fingerprint density at radius 2 is 1.81 bits per heavy atom. The van der Waals surface area contributed by atoms with Crippen LogP contribution in [0.25, 0.3) is 0 Å². The lowest BCUT2D eigenvalue weighted by Crippen LogP contribution is -2.51. The van der Waals surface area contributed by atoms with Gasteiger partial charge in [-0.2, -0.15) is 0 Å². The van der Waals surface area contributed by atoms with Crippen molar-refractivity contribution >= 4 is 14.4 Å². The Hall–Kier alpha value is -1.82. The fraction of sp³-hybridized carbons (Fsp3) is 0.600. The molecule has 1 aromatic heterocycles. The van der Waals surface area contributed by atoms with Crippen LogP contribution in [0.1, 0.15) is 60.1 Å². The van der Waals surface area contributed by atoms with Crippen molar-refractivity contribution in [1.82, 2.24) is 9.88 Å². The third-order valence-corrected chi connectivity index (χ3v) is 11.3. The Bertz CT molecular complexity index is 622. The van der Waals surface area contributed by atoms with Crippen LogP contribution in [-0.4, -0.2) is 30.9 Å². The van der Waals surface area contributed by atoms with Crippen molar-refractivity contribution < 1.29 is 14.0 Å². The highest BCUT2D eigenvalue weighted by Crippen LogP contribution is 2.48. The molecular weight excluding hydrogens is 344 g/mol. The van der Waals surface area contributed by atoms with E-state index < -0.39 is 8.32 Å². The number of hydrogen-bond acceptors (Lipinski definition) is 4. The van der Waals surface area contributed by atoms with Crippen LogP contribution in [0, 0.1) is 0 Å². The number of pyridine rings is 1. The molecule has 5 nitrogen and oxygen atoms in total. The van der Waals surface area contributed by atoms with Crippen LogP contribution in [0.15, 0.2) is 36.5 Å². The normalized spacial score (nSPS) is 17.4. The highest BCUT2D eigenvalue weighted by atomic mass is 28.4. The lowest BCUT2D eigenvalue weighted by Gasteiger charge is -2.48. The predicted octanol–water partition coefficient (Wildman–Crippen LogP) is 5.63. The molecule has 2 rings (SSSR count). The van der Waals surface area contributed by atoms with Crippen LogP contribution in [-0.2, 0) is 9.16 Å². The van der Waals surface area contributed by atoms with Gasteiger partial charge in [0, 0.05) is 18.0 Å². The summed E-state index contributed by atoms with van der Waals surface area (Å²) in [6.07, 6.45) is 4.97. The van der Waals surface area contributed by atoms with Gasteiger partial charge in [0.1, 0.15) is 11.8 Å². The first-order valence-electron chi connectivity index (χ1n) is 9.51. The van der Waals surface area contributed by atoms with Gasteiger partial charge in [0.25, 0.3) is 8.32 Å². The van der Waals surface area contributed by atoms with E-state index >= 15 is 0 Å². The van der Waals surface area contributed by atoms with Gasteiger partial charge in [0.2, 0.25) is 0 Å². The van der Waals surface area contributed by atoms with Crippen molar-refractivity contribution in [1.29, 1.82) is 0 Å². The van der Waals surface area contributed by atoms with Crippen LogP contribution in [0.2, 0.25) is 16.6 Å². The number of carbonyl (C=O) groups is 1. The van der Waals surface area contributed by atoms with Gasteiger partial charge < -0.3 is 9.16 Å². The summed E-state index contributed by atoms with van der Waals surface area (Å²) in [6.45, 7) is 15.7. The zero-order chi connectivity index (χ0) is 19.5. The minimum absolute atomic E-state index is 0.258. The lowest BCUT2D eigenvalue weighted by atomic mass is 10.0. The molecule has 0 radical (unpaired) electrons. The van der Waals surface area contributed by atoms with Crippen LogP contribution < -0.4 is 0 Å². The predicted molar refractivity (Wildman–Crippen MR) is 106 cm³/mol. The maximum Gasteiger partial charge on any atom is 0.414 e. The third kappa shape index (κ3) is 3.65. The van der Waals surface area contributed by atoms with Crippen LogP contribution in [0.4, 0.5) is 4.79 Å². The second kappa shape index (κ2) is 8.25. The number of hydrogen-bond donors (Lipinski definition) is 0. The number of ether oxygens (including phenoxy) is 1. The fourth-order valence-corrected chi connectivity index (χ4v) is 9.48. The molecule has 0 fully saturated rings. The van der Waals surface area contributed by atoms with Gasteiger partial charge in [0.15, 0.2) is 0 Å². The molecule has 144 valence electrons. The van der Waals surface area contributed by atoms with E-state index in [2.05, 4.69) is 46.5 Å². The van der Waals surface area contributed by atoms with E-state index in [9.17, 15) is 4.79 Å². The number of amides is 1. The average molecular weight is 377 g/mol. The Balaban J connectivity index is 2.39. The van der Waals surface area contributed by atoms with E-state index in [-0.39, 0.29) is 12.1 Å². The molecule has 26 heavy (non-hydrogen) atoms. The molecule has 0 aromatic carbocycles. The quantitative estimate of drug-likeness (QED) is 0.579. The van der Waals surface area contributed by atoms with Gasteiger partial charge in [0.05, 0.1) is 12.8 Å². The zero-order valence-electron chi connectivity index (χ0n) is 17.0. The number of carbonyl (C=O) groups excluding carboxylic acids is 1. The Labute approximate surface area is 158 Å². The monoisotopic (exact) mass is 376 g/mol. The number of aromatic nitrogens is 1. The molecule has 1 unspecified atom stereocenters. The summed E-state index contributed by atoms with van der Waals surface area (Å²) < 4.78 is 12.0. The van der Waals surface area contributed by atoms with Gasteiger partial charge in [-0.05, 0) is 29.6 Å². The van der Waals surface area contributed by atoms with Crippen molar-refractivity contribution in [2.45, 2.75) is 71.1 Å². The molecule has 1 atom stereocenters. The molecule has 6 heteroatoms. The average Bonchev–Trinajstić information content (AvgIpc) is 2.54. The van der Waals surface area contributed by atoms with Crippen molar-refractivity contribution in [3.8, 4) is 0 Å². The summed E-state index contributed by atoms with van der Waals surface area (Å²) >= 11 is 0. The van der Waals surface area contributed by atoms with Gasteiger partial charge in [-0.15, -0.1) is 0 Å². The second-order valence-corrected chi connectivity index (χ2v) is 13.1. The fourth-order valence-electron chi connectivity index (χ4n) is 4.20. The Morgan fingerprint density at radius 1 is 1.19 bits per heavy atom. The first kappa shape index (κ1) is 20.5. The van der Waals surface area contributed by atoms with E-state index in [0.717, 1.165) is 11.3 Å². The molecule has 0 saturated heterocycles. The lowest BCUT2D eigenvalue weighted by molar-refractivity contribution is 0.0891. The molecular formula is C20H32N2O3Si. The van der Waals surface area contributed by atoms with Crippen LogP contribution >= 0.6 is 0 Å². The number of nitrogens with zero attached hydrogens (tertiary/aromatic N) is 2. The second-order valence-electron chi connectivity index (χ2n) is 7.75. The summed E-state index contributed by atoms with van der Waals surface area (Å²) in [5.41, 5.74) is 2.34. The smallest absolute Gasteiger partial charge is 0.414 e. The van der Waals surface area contributed by atoms with E-state index in [1.807, 2.05) is 19.1 Å². The van der Waals surface area contributed by atoms with Crippen molar-refractivity contribution in [3.05, 3.63) is 42.0 Å². The molecule has 1 aliphatic heterocycles. The van der Waals surface area contributed by atoms with Gasteiger partial charge in [-0.25, -0.2) is 4.79 Å². The maximum atomic E-state index is 12.3. The summed E-state index contributed by atoms with van der Waals surface area (Å²) in [6, 6.07) is 3.60. The summed E-state index contributed by atoms with van der Waals surface area (Å²) in [7, 11) is -2.09. The molecule has 1 aliphatic rings. The molecule has 0 bridgehead atoms. The minimum Gasteiger partial charge on any atom is -0.543 e. The molecule has 2 heterocycles. The SMILES string of the molecule is CCOC(=O)N1C=C(O[Si](C(C)C)(C(C)C)C(C)C)C1c1cccnc1. The molecule has 0 spiro atoms. The number of rotatable bonds is 7. The third-order valence-electron chi connectivity index (χ3n) is 5.29. The molecule has 0 saturated carbocycles. The minimum atomic E-state index is -2.09. The van der Waals surface area contributed by atoms with Crippen LogP contribution in [0.3, 0.4) is 0 Å². The van der Waals surface area contributed by atoms with Gasteiger partial charge >= 0.3 is 6.09 Å². The molecule has 0 N–H and O–H groups in total. The Kier molecular flexibility index (Phi) is 6.50. The van der Waals surface area contributed by atoms with E-state index in [1.165, 1.54) is 0 Å². The van der Waals surface area contributed by atoms with Crippen molar-refractivity contribution in [2.24, 2.45) is 0 Å². The summed E-state index contributed by atoms with van der Waals surface area (Å²) in [5.74, 6) is 0.855. The summed E-state index contributed by atoms with van der Waals surface area (Å²) in [5, 5.41) is 0. The largest absolute Gasteiger partial charge is 0.543 e. The first-order valence-corrected chi connectivity index (χ1v) is 11.6. The van der Waals surface area contributed by atoms with Crippen molar-refractivity contribution in [3.63, 3.8) is 0 Å². The molecule has 1 aromatic rings.